The van der Waals surface area contributed by atoms with Gasteiger partial charge in [0.2, 0.25) is 0 Å². The first-order valence-corrected chi connectivity index (χ1v) is 8.91. The average Bonchev–Trinajstić information content (AvgIpc) is 2.93. The summed E-state index contributed by atoms with van der Waals surface area (Å²) in [6.07, 6.45) is 0.800. The molecule has 2 aromatic carbocycles. The number of aryl methyl sites for hydroxylation is 4. The van der Waals surface area contributed by atoms with Crippen LogP contribution in [0.1, 0.15) is 38.4 Å². The van der Waals surface area contributed by atoms with Crippen LogP contribution in [0.2, 0.25) is 0 Å². The monoisotopic (exact) mass is 347 g/mol. The van der Waals surface area contributed by atoms with Crippen molar-refractivity contribution in [1.82, 2.24) is 15.1 Å². The fourth-order valence-electron chi connectivity index (χ4n) is 3.22. The quantitative estimate of drug-likeness (QED) is 0.756. The third-order valence-corrected chi connectivity index (χ3v) is 4.37. The number of benzene rings is 2. The van der Waals surface area contributed by atoms with Gasteiger partial charge in [0, 0.05) is 17.8 Å². The second-order valence-electron chi connectivity index (χ2n) is 6.89. The zero-order valence-corrected chi connectivity index (χ0v) is 15.8. The molecule has 0 fully saturated rings. The fraction of sp³-hybridized carbons (Fsp3) is 0.273. The first kappa shape index (κ1) is 17.9. The van der Waals surface area contributed by atoms with Gasteiger partial charge < -0.3 is 5.32 Å². The fourth-order valence-corrected chi connectivity index (χ4v) is 3.22. The number of rotatable bonds is 5. The van der Waals surface area contributed by atoms with Crippen LogP contribution in [-0.2, 0) is 6.42 Å². The van der Waals surface area contributed by atoms with Gasteiger partial charge in [-0.2, -0.15) is 5.10 Å². The number of carbonyl (C=O) groups is 1. The minimum atomic E-state index is -0.0175. The first-order valence-electron chi connectivity index (χ1n) is 8.91. The molecule has 1 amide bonds. The van der Waals surface area contributed by atoms with E-state index in [1.165, 1.54) is 5.56 Å². The van der Waals surface area contributed by atoms with E-state index >= 15 is 0 Å². The molecule has 26 heavy (non-hydrogen) atoms. The number of carbonyl (C=O) groups excluding carboxylic acids is 1. The van der Waals surface area contributed by atoms with Crippen LogP contribution in [0.25, 0.3) is 5.69 Å². The highest BCUT2D eigenvalue weighted by atomic mass is 16.1. The van der Waals surface area contributed by atoms with Crippen LogP contribution < -0.4 is 5.32 Å². The van der Waals surface area contributed by atoms with E-state index < -0.39 is 0 Å². The summed E-state index contributed by atoms with van der Waals surface area (Å²) < 4.78 is 1.95. The van der Waals surface area contributed by atoms with Gasteiger partial charge >= 0.3 is 0 Å². The highest BCUT2D eigenvalue weighted by Gasteiger charge is 2.07. The van der Waals surface area contributed by atoms with Crippen molar-refractivity contribution < 1.29 is 4.79 Å². The molecule has 0 spiro atoms. The van der Waals surface area contributed by atoms with Crippen LogP contribution in [-0.4, -0.2) is 22.2 Å². The van der Waals surface area contributed by atoms with Gasteiger partial charge in [-0.15, -0.1) is 0 Å². The Morgan fingerprint density at radius 1 is 0.962 bits per heavy atom. The molecule has 1 heterocycles. The van der Waals surface area contributed by atoms with Gasteiger partial charge in [0.05, 0.1) is 11.4 Å². The molecular formula is C22H25N3O. The maximum absolute atomic E-state index is 12.3. The van der Waals surface area contributed by atoms with Crippen molar-refractivity contribution in [3.8, 4) is 5.69 Å². The van der Waals surface area contributed by atoms with Crippen molar-refractivity contribution in [2.24, 2.45) is 0 Å². The summed E-state index contributed by atoms with van der Waals surface area (Å²) in [5, 5.41) is 7.51. The van der Waals surface area contributed by atoms with Crippen LogP contribution in [0.15, 0.2) is 48.5 Å². The van der Waals surface area contributed by atoms with Crippen LogP contribution in [0.3, 0.4) is 0 Å². The molecule has 0 saturated carbocycles. The van der Waals surface area contributed by atoms with Crippen molar-refractivity contribution in [1.29, 1.82) is 0 Å². The molecule has 0 bridgehead atoms. The van der Waals surface area contributed by atoms with E-state index in [-0.39, 0.29) is 5.91 Å². The molecule has 3 rings (SSSR count). The largest absolute Gasteiger partial charge is 0.352 e. The minimum Gasteiger partial charge on any atom is -0.352 e. The van der Waals surface area contributed by atoms with Crippen molar-refractivity contribution >= 4 is 5.91 Å². The second-order valence-corrected chi connectivity index (χ2v) is 6.89. The zero-order valence-electron chi connectivity index (χ0n) is 15.8. The Hall–Kier alpha value is -2.88. The zero-order chi connectivity index (χ0) is 18.7. The van der Waals surface area contributed by atoms with E-state index in [4.69, 9.17) is 0 Å². The molecule has 4 heteroatoms. The first-order chi connectivity index (χ1) is 12.4. The number of nitrogens with one attached hydrogen (secondary N) is 1. The standard InChI is InChI=1S/C22H25N3O/c1-15-11-16(2)13-20(12-15)22(26)23-10-9-19-5-7-21(8-6-19)25-18(4)14-17(3)24-25/h5-8,11-14H,9-10H2,1-4H3,(H,23,26). The number of nitrogens with zero attached hydrogens (tertiary/aromatic N) is 2. The van der Waals surface area contributed by atoms with E-state index in [1.807, 2.05) is 37.6 Å². The van der Waals surface area contributed by atoms with Gasteiger partial charge in [0.25, 0.3) is 5.91 Å². The molecule has 0 atom stereocenters. The Kier molecular flexibility index (Phi) is 5.21. The summed E-state index contributed by atoms with van der Waals surface area (Å²) in [7, 11) is 0. The Labute approximate surface area is 154 Å². The molecule has 0 unspecified atom stereocenters. The molecule has 1 N–H and O–H groups in total. The van der Waals surface area contributed by atoms with Crippen LogP contribution in [0.5, 0.6) is 0 Å². The van der Waals surface area contributed by atoms with Crippen molar-refractivity contribution in [3.63, 3.8) is 0 Å². The highest BCUT2D eigenvalue weighted by Crippen LogP contribution is 2.13. The molecule has 134 valence electrons. The topological polar surface area (TPSA) is 46.9 Å². The van der Waals surface area contributed by atoms with Crippen LogP contribution >= 0.6 is 0 Å². The summed E-state index contributed by atoms with van der Waals surface area (Å²) in [6, 6.07) is 16.3. The Balaban J connectivity index is 1.58. The lowest BCUT2D eigenvalue weighted by molar-refractivity contribution is 0.0954. The minimum absolute atomic E-state index is 0.0175. The molecule has 3 aromatic rings. The summed E-state index contributed by atoms with van der Waals surface area (Å²) in [4.78, 5) is 12.3. The van der Waals surface area contributed by atoms with E-state index in [0.29, 0.717) is 6.54 Å². The Morgan fingerprint density at radius 2 is 1.62 bits per heavy atom. The molecule has 0 saturated heterocycles. The van der Waals surface area contributed by atoms with Crippen molar-refractivity contribution in [2.75, 3.05) is 6.54 Å². The summed E-state index contributed by atoms with van der Waals surface area (Å²) in [6.45, 7) is 8.68. The third kappa shape index (κ3) is 4.20. The van der Waals surface area contributed by atoms with Gasteiger partial charge in [-0.05, 0) is 70.0 Å². The van der Waals surface area contributed by atoms with E-state index in [2.05, 4.69) is 53.7 Å². The number of aromatic nitrogens is 2. The van der Waals surface area contributed by atoms with E-state index in [0.717, 1.165) is 40.2 Å². The number of hydrogen-bond donors (Lipinski definition) is 1. The highest BCUT2D eigenvalue weighted by molar-refractivity contribution is 5.94. The normalized spacial score (nSPS) is 10.8. The van der Waals surface area contributed by atoms with E-state index in [9.17, 15) is 4.79 Å². The smallest absolute Gasteiger partial charge is 0.251 e. The Bertz CT molecular complexity index is 903. The number of amides is 1. The molecule has 0 radical (unpaired) electrons. The lowest BCUT2D eigenvalue weighted by Gasteiger charge is -2.09. The maximum Gasteiger partial charge on any atom is 0.251 e. The predicted octanol–water partition coefficient (Wildman–Crippen LogP) is 4.08. The van der Waals surface area contributed by atoms with Gasteiger partial charge in [0.15, 0.2) is 0 Å². The Morgan fingerprint density at radius 3 is 2.19 bits per heavy atom. The van der Waals surface area contributed by atoms with Crippen LogP contribution in [0, 0.1) is 27.7 Å². The van der Waals surface area contributed by atoms with Crippen molar-refractivity contribution in [3.05, 3.63) is 82.2 Å². The third-order valence-electron chi connectivity index (χ3n) is 4.37. The summed E-state index contributed by atoms with van der Waals surface area (Å²) >= 11 is 0. The second kappa shape index (κ2) is 7.56. The average molecular weight is 347 g/mol. The molecule has 0 aliphatic heterocycles. The van der Waals surface area contributed by atoms with Crippen LogP contribution in [0.4, 0.5) is 0 Å². The molecule has 0 aliphatic rings. The van der Waals surface area contributed by atoms with Gasteiger partial charge in [-0.1, -0.05) is 29.3 Å². The van der Waals surface area contributed by atoms with Gasteiger partial charge in [-0.25, -0.2) is 4.68 Å². The molecule has 1 aromatic heterocycles. The SMILES string of the molecule is Cc1cc(C)cc(C(=O)NCCc2ccc(-n3nc(C)cc3C)cc2)c1. The predicted molar refractivity (Wildman–Crippen MR) is 105 cm³/mol. The van der Waals surface area contributed by atoms with Gasteiger partial charge in [-0.3, -0.25) is 4.79 Å². The lowest BCUT2D eigenvalue weighted by Crippen LogP contribution is -2.25. The molecule has 4 nitrogen and oxygen atoms in total. The lowest BCUT2D eigenvalue weighted by atomic mass is 10.1. The van der Waals surface area contributed by atoms with Gasteiger partial charge in [0.1, 0.15) is 0 Å². The van der Waals surface area contributed by atoms with Crippen molar-refractivity contribution in [2.45, 2.75) is 34.1 Å². The molecular weight excluding hydrogens is 322 g/mol. The maximum atomic E-state index is 12.3. The summed E-state index contributed by atoms with van der Waals surface area (Å²) in [5.74, 6) is -0.0175. The van der Waals surface area contributed by atoms with E-state index in [1.54, 1.807) is 0 Å². The summed E-state index contributed by atoms with van der Waals surface area (Å²) in [5.41, 5.74) is 7.32. The molecule has 0 aliphatic carbocycles. The number of hydrogen-bond acceptors (Lipinski definition) is 2.